The summed E-state index contributed by atoms with van der Waals surface area (Å²) in [6.07, 6.45) is 1.07. The Morgan fingerprint density at radius 2 is 1.84 bits per heavy atom. The third kappa shape index (κ3) is 8.45. The highest BCUT2D eigenvalue weighted by molar-refractivity contribution is 6.33. The molecule has 0 saturated heterocycles. The Kier molecular flexibility index (Phi) is 11.3. The van der Waals surface area contributed by atoms with Crippen molar-refractivity contribution in [2.45, 2.75) is 32.4 Å². The summed E-state index contributed by atoms with van der Waals surface area (Å²) in [7, 11) is 0. The Bertz CT molecular complexity index is 651. The van der Waals surface area contributed by atoms with E-state index in [9.17, 15) is 4.79 Å². The van der Waals surface area contributed by atoms with Gasteiger partial charge in [0.05, 0.1) is 10.7 Å². The number of carbonyl (C=O) groups is 1. The molecule has 138 valence electrons. The molecule has 0 radical (unpaired) electrons. The molecule has 25 heavy (non-hydrogen) atoms. The number of hydrogen-bond donors (Lipinski definition) is 3. The first-order valence-electron chi connectivity index (χ1n) is 7.67. The molecular weight excluding hydrogens is 381 g/mol. The lowest BCUT2D eigenvalue weighted by molar-refractivity contribution is -0.116. The monoisotopic (exact) mass is 403 g/mol. The van der Waals surface area contributed by atoms with E-state index in [1.807, 2.05) is 49.4 Å². The topological polar surface area (TPSA) is 67.2 Å². The van der Waals surface area contributed by atoms with Crippen molar-refractivity contribution in [3.63, 3.8) is 0 Å². The van der Waals surface area contributed by atoms with Crippen LogP contribution >= 0.6 is 36.4 Å². The number of halogens is 3. The number of rotatable bonds is 7. The molecule has 2 aromatic rings. The summed E-state index contributed by atoms with van der Waals surface area (Å²) in [6.45, 7) is 2.58. The van der Waals surface area contributed by atoms with E-state index in [0.717, 1.165) is 5.69 Å². The smallest absolute Gasteiger partial charge is 0.224 e. The van der Waals surface area contributed by atoms with E-state index in [0.29, 0.717) is 30.1 Å². The normalized spacial score (nSPS) is 10.8. The van der Waals surface area contributed by atoms with Crippen molar-refractivity contribution in [1.29, 1.82) is 0 Å². The molecule has 0 aliphatic heterocycles. The molecule has 7 heteroatoms. The van der Waals surface area contributed by atoms with Crippen molar-refractivity contribution in [1.82, 2.24) is 0 Å². The summed E-state index contributed by atoms with van der Waals surface area (Å²) >= 11 is 6.27. The predicted octanol–water partition coefficient (Wildman–Crippen LogP) is 4.86. The lowest BCUT2D eigenvalue weighted by Crippen LogP contribution is -2.19. The second-order valence-electron chi connectivity index (χ2n) is 5.60. The van der Waals surface area contributed by atoms with Crippen molar-refractivity contribution in [3.8, 4) is 0 Å². The molecule has 1 unspecified atom stereocenters. The average Bonchev–Trinajstić information content (AvgIpc) is 2.53. The molecule has 0 spiro atoms. The number of benzene rings is 2. The van der Waals surface area contributed by atoms with Gasteiger partial charge >= 0.3 is 0 Å². The van der Waals surface area contributed by atoms with Gasteiger partial charge in [0.25, 0.3) is 0 Å². The molecular formula is C18H24Cl3N3O. The van der Waals surface area contributed by atoms with Gasteiger partial charge in [-0.1, -0.05) is 41.9 Å². The van der Waals surface area contributed by atoms with Gasteiger partial charge in [0.2, 0.25) is 5.91 Å². The predicted molar refractivity (Wildman–Crippen MR) is 111 cm³/mol. The van der Waals surface area contributed by atoms with Crippen molar-refractivity contribution in [3.05, 3.63) is 59.1 Å². The highest BCUT2D eigenvalue weighted by Crippen LogP contribution is 2.26. The van der Waals surface area contributed by atoms with Crippen LogP contribution in [0.25, 0.3) is 0 Å². The summed E-state index contributed by atoms with van der Waals surface area (Å²) in [6, 6.07) is 15.6. The zero-order valence-corrected chi connectivity index (χ0v) is 16.4. The van der Waals surface area contributed by atoms with Crippen LogP contribution in [-0.2, 0) is 11.3 Å². The molecule has 0 aliphatic rings. The molecule has 0 bridgehead atoms. The minimum absolute atomic E-state index is 0. The standard InChI is InChI=1S/C18H22ClN3O.2ClH/c1-13(20)7-10-18(23)22-15-8-9-17(16(19)11-15)21-12-14-5-3-2-4-6-14;;/h2-6,8-9,11,13,21H,7,10,12,20H2,1H3,(H,22,23);2*1H. The van der Waals surface area contributed by atoms with Crippen LogP contribution in [0.15, 0.2) is 48.5 Å². The molecule has 0 fully saturated rings. The third-order valence-electron chi connectivity index (χ3n) is 3.41. The molecule has 0 saturated carbocycles. The number of nitrogens with two attached hydrogens (primary N) is 1. The largest absolute Gasteiger partial charge is 0.380 e. The van der Waals surface area contributed by atoms with Crippen molar-refractivity contribution >= 4 is 53.7 Å². The molecule has 0 aromatic heterocycles. The van der Waals surface area contributed by atoms with E-state index in [1.54, 1.807) is 6.07 Å². The SMILES string of the molecule is CC(N)CCC(=O)Nc1ccc(NCc2ccccc2)c(Cl)c1.Cl.Cl. The number of anilines is 2. The summed E-state index contributed by atoms with van der Waals surface area (Å²) in [4.78, 5) is 11.8. The van der Waals surface area contributed by atoms with Gasteiger partial charge in [0.1, 0.15) is 0 Å². The van der Waals surface area contributed by atoms with Crippen molar-refractivity contribution in [2.75, 3.05) is 10.6 Å². The van der Waals surface area contributed by atoms with E-state index in [-0.39, 0.29) is 36.8 Å². The first kappa shape index (κ1) is 23.5. The van der Waals surface area contributed by atoms with Crippen LogP contribution in [0.4, 0.5) is 11.4 Å². The van der Waals surface area contributed by atoms with Crippen LogP contribution in [-0.4, -0.2) is 11.9 Å². The van der Waals surface area contributed by atoms with E-state index in [4.69, 9.17) is 17.3 Å². The minimum Gasteiger partial charge on any atom is -0.380 e. The second-order valence-corrected chi connectivity index (χ2v) is 6.01. The fourth-order valence-corrected chi connectivity index (χ4v) is 2.36. The lowest BCUT2D eigenvalue weighted by Gasteiger charge is -2.11. The fourth-order valence-electron chi connectivity index (χ4n) is 2.11. The zero-order valence-electron chi connectivity index (χ0n) is 14.0. The Hall–Kier alpha value is -1.46. The molecule has 1 atom stereocenters. The van der Waals surface area contributed by atoms with Gasteiger partial charge in [-0.05, 0) is 37.1 Å². The zero-order chi connectivity index (χ0) is 16.7. The maximum Gasteiger partial charge on any atom is 0.224 e. The molecule has 1 amide bonds. The minimum atomic E-state index is -0.0524. The first-order chi connectivity index (χ1) is 11.0. The molecule has 0 heterocycles. The van der Waals surface area contributed by atoms with Gasteiger partial charge in [0.15, 0.2) is 0 Å². The van der Waals surface area contributed by atoms with Crippen LogP contribution in [0.5, 0.6) is 0 Å². The maximum atomic E-state index is 11.8. The van der Waals surface area contributed by atoms with Crippen molar-refractivity contribution in [2.24, 2.45) is 5.73 Å². The van der Waals surface area contributed by atoms with Gasteiger partial charge in [-0.25, -0.2) is 0 Å². The quantitative estimate of drug-likeness (QED) is 0.617. The highest BCUT2D eigenvalue weighted by atomic mass is 35.5. The summed E-state index contributed by atoms with van der Waals surface area (Å²) < 4.78 is 0. The van der Waals surface area contributed by atoms with Crippen LogP contribution in [0.3, 0.4) is 0 Å². The third-order valence-corrected chi connectivity index (χ3v) is 3.72. The Labute approximate surface area is 166 Å². The first-order valence-corrected chi connectivity index (χ1v) is 8.05. The second kappa shape index (κ2) is 12.0. The van der Waals surface area contributed by atoms with E-state index >= 15 is 0 Å². The number of hydrogen-bond acceptors (Lipinski definition) is 3. The van der Waals surface area contributed by atoms with Gasteiger partial charge in [-0.3, -0.25) is 4.79 Å². The van der Waals surface area contributed by atoms with Crippen LogP contribution in [0.2, 0.25) is 5.02 Å². The average molecular weight is 405 g/mol. The lowest BCUT2D eigenvalue weighted by atomic mass is 10.2. The van der Waals surface area contributed by atoms with E-state index in [1.165, 1.54) is 5.56 Å². The number of nitrogens with one attached hydrogen (secondary N) is 2. The Balaban J connectivity index is 0.00000288. The molecule has 4 nitrogen and oxygen atoms in total. The van der Waals surface area contributed by atoms with Gasteiger partial charge in [-0.15, -0.1) is 24.8 Å². The van der Waals surface area contributed by atoms with Crippen molar-refractivity contribution < 1.29 is 4.79 Å². The van der Waals surface area contributed by atoms with Crippen LogP contribution in [0.1, 0.15) is 25.3 Å². The fraction of sp³-hybridized carbons (Fsp3) is 0.278. The van der Waals surface area contributed by atoms with E-state index in [2.05, 4.69) is 10.6 Å². The van der Waals surface area contributed by atoms with E-state index < -0.39 is 0 Å². The molecule has 0 aliphatic carbocycles. The molecule has 4 N–H and O–H groups in total. The molecule has 2 aromatic carbocycles. The molecule has 2 rings (SSSR count). The Morgan fingerprint density at radius 1 is 1.16 bits per heavy atom. The summed E-state index contributed by atoms with van der Waals surface area (Å²) in [5.41, 5.74) is 8.35. The Morgan fingerprint density at radius 3 is 2.44 bits per heavy atom. The van der Waals surface area contributed by atoms with Crippen LogP contribution < -0.4 is 16.4 Å². The summed E-state index contributed by atoms with van der Waals surface area (Å²) in [5.74, 6) is -0.0524. The van der Waals surface area contributed by atoms with Gasteiger partial charge in [0, 0.05) is 24.7 Å². The maximum absolute atomic E-state index is 11.8. The van der Waals surface area contributed by atoms with Crippen LogP contribution in [0, 0.1) is 0 Å². The van der Waals surface area contributed by atoms with Gasteiger partial charge < -0.3 is 16.4 Å². The number of carbonyl (C=O) groups excluding carboxylic acids is 1. The highest BCUT2D eigenvalue weighted by Gasteiger charge is 2.06. The number of amides is 1. The summed E-state index contributed by atoms with van der Waals surface area (Å²) in [5, 5.41) is 6.70. The van der Waals surface area contributed by atoms with Gasteiger partial charge in [-0.2, -0.15) is 0 Å².